The molecule has 1 heterocycles. The lowest BCUT2D eigenvalue weighted by Gasteiger charge is -2.27. The van der Waals surface area contributed by atoms with Gasteiger partial charge in [0.1, 0.15) is 5.82 Å². The van der Waals surface area contributed by atoms with E-state index >= 15 is 0 Å². The molecule has 0 bridgehead atoms. The van der Waals surface area contributed by atoms with Crippen molar-refractivity contribution in [1.82, 2.24) is 0 Å². The van der Waals surface area contributed by atoms with Gasteiger partial charge in [-0.25, -0.2) is 9.18 Å². The predicted octanol–water partition coefficient (Wildman–Crippen LogP) is 5.45. The number of alkyl halides is 3. The van der Waals surface area contributed by atoms with Crippen LogP contribution in [0.15, 0.2) is 54.6 Å². The lowest BCUT2D eigenvalue weighted by atomic mass is 9.92. The van der Waals surface area contributed by atoms with Crippen LogP contribution < -0.4 is 0 Å². The molecule has 0 saturated carbocycles. The summed E-state index contributed by atoms with van der Waals surface area (Å²) in [4.78, 5) is 11.9. The SMILES string of the molecule is COC(=O)[C@@](O)(c1sc(-c2ccccc2)c(-c2ccc(F)cc2)c1C)C(F)(F)F. The van der Waals surface area contributed by atoms with Crippen molar-refractivity contribution in [3.05, 3.63) is 70.9 Å². The molecule has 0 aliphatic heterocycles. The van der Waals surface area contributed by atoms with E-state index in [4.69, 9.17) is 0 Å². The van der Waals surface area contributed by atoms with Gasteiger partial charge in [-0.15, -0.1) is 11.3 Å². The van der Waals surface area contributed by atoms with Crippen LogP contribution in [0.5, 0.6) is 0 Å². The summed E-state index contributed by atoms with van der Waals surface area (Å²) < 4.78 is 59.1. The van der Waals surface area contributed by atoms with E-state index in [1.54, 1.807) is 30.3 Å². The number of aliphatic hydroxyl groups is 1. The highest BCUT2D eigenvalue weighted by molar-refractivity contribution is 7.16. The van der Waals surface area contributed by atoms with Crippen molar-refractivity contribution >= 4 is 17.3 Å². The summed E-state index contributed by atoms with van der Waals surface area (Å²) in [5.41, 5.74) is -2.33. The number of halogens is 4. The first-order valence-electron chi connectivity index (χ1n) is 8.44. The summed E-state index contributed by atoms with van der Waals surface area (Å²) >= 11 is 0.651. The summed E-state index contributed by atoms with van der Waals surface area (Å²) in [6.45, 7) is 1.39. The molecule has 0 saturated heterocycles. The van der Waals surface area contributed by atoms with E-state index in [1.807, 2.05) is 0 Å². The van der Waals surface area contributed by atoms with Crippen molar-refractivity contribution in [3.63, 3.8) is 0 Å². The van der Waals surface area contributed by atoms with Gasteiger partial charge in [-0.05, 0) is 35.7 Å². The van der Waals surface area contributed by atoms with Crippen LogP contribution in [0.2, 0.25) is 0 Å². The molecule has 1 aromatic heterocycles. The molecule has 3 rings (SSSR count). The summed E-state index contributed by atoms with van der Waals surface area (Å²) in [5.74, 6) is -2.32. The van der Waals surface area contributed by atoms with Gasteiger partial charge in [0.05, 0.1) is 12.0 Å². The molecule has 3 aromatic rings. The van der Waals surface area contributed by atoms with Gasteiger partial charge in [0.2, 0.25) is 0 Å². The Kier molecular flexibility index (Phi) is 5.51. The second-order valence-electron chi connectivity index (χ2n) is 6.33. The van der Waals surface area contributed by atoms with Crippen LogP contribution in [0, 0.1) is 12.7 Å². The first-order chi connectivity index (χ1) is 13.6. The molecule has 1 N–H and O–H groups in total. The normalized spacial score (nSPS) is 13.8. The van der Waals surface area contributed by atoms with Crippen LogP contribution in [-0.4, -0.2) is 24.4 Å². The Morgan fingerprint density at radius 1 is 1.00 bits per heavy atom. The zero-order valence-electron chi connectivity index (χ0n) is 15.4. The molecule has 2 aromatic carbocycles. The average molecular weight is 424 g/mol. The molecule has 152 valence electrons. The molecule has 0 radical (unpaired) electrons. The Hall–Kier alpha value is -2.71. The van der Waals surface area contributed by atoms with Crippen LogP contribution in [0.3, 0.4) is 0 Å². The highest BCUT2D eigenvalue weighted by Gasteiger charge is 2.63. The minimum absolute atomic E-state index is 0.0608. The van der Waals surface area contributed by atoms with Gasteiger partial charge in [0.15, 0.2) is 0 Å². The van der Waals surface area contributed by atoms with Gasteiger partial charge < -0.3 is 9.84 Å². The van der Waals surface area contributed by atoms with Gasteiger partial charge in [-0.1, -0.05) is 42.5 Å². The fraction of sp³-hybridized carbons (Fsp3) is 0.190. The fourth-order valence-corrected chi connectivity index (χ4v) is 4.53. The number of benzene rings is 2. The van der Waals surface area contributed by atoms with E-state index in [0.717, 1.165) is 7.11 Å². The van der Waals surface area contributed by atoms with Crippen molar-refractivity contribution < 1.29 is 32.2 Å². The minimum atomic E-state index is -5.30. The largest absolute Gasteiger partial charge is 0.466 e. The molecule has 0 aliphatic carbocycles. The number of rotatable bonds is 4. The highest BCUT2D eigenvalue weighted by atomic mass is 32.1. The Balaban J connectivity index is 2.36. The number of esters is 1. The van der Waals surface area contributed by atoms with E-state index in [0.29, 0.717) is 32.9 Å². The molecule has 0 unspecified atom stereocenters. The Bertz CT molecular complexity index is 1030. The molecule has 0 aliphatic rings. The van der Waals surface area contributed by atoms with Gasteiger partial charge in [0.25, 0.3) is 5.60 Å². The molecule has 0 amide bonds. The number of carbonyl (C=O) groups excluding carboxylic acids is 1. The summed E-state index contributed by atoms with van der Waals surface area (Å²) in [5, 5.41) is 10.5. The standard InChI is InChI=1S/C21H16F4O3S/c1-12-16(13-8-10-15(22)11-9-13)17(14-6-4-3-5-7-14)29-18(12)20(27,19(26)28-2)21(23,24)25/h3-11,27H,1-2H3/t20-/m0/s1. The van der Waals surface area contributed by atoms with Crippen molar-refractivity contribution in [2.45, 2.75) is 18.7 Å². The Morgan fingerprint density at radius 3 is 2.10 bits per heavy atom. The van der Waals surface area contributed by atoms with Crippen LogP contribution in [0.4, 0.5) is 17.6 Å². The van der Waals surface area contributed by atoms with Crippen molar-refractivity contribution in [2.75, 3.05) is 7.11 Å². The molecule has 1 atom stereocenters. The van der Waals surface area contributed by atoms with E-state index in [1.165, 1.54) is 31.2 Å². The zero-order chi connectivity index (χ0) is 21.4. The second kappa shape index (κ2) is 7.61. The summed E-state index contributed by atoms with van der Waals surface area (Å²) in [6.07, 6.45) is -5.30. The molecular weight excluding hydrogens is 408 g/mol. The van der Waals surface area contributed by atoms with Crippen molar-refractivity contribution in [2.24, 2.45) is 0 Å². The number of thiophene rings is 1. The van der Waals surface area contributed by atoms with Gasteiger partial charge in [-0.2, -0.15) is 13.2 Å². The first-order valence-corrected chi connectivity index (χ1v) is 9.25. The topological polar surface area (TPSA) is 46.5 Å². The quantitative estimate of drug-likeness (QED) is 0.447. The first kappa shape index (κ1) is 21.0. The average Bonchev–Trinajstić information content (AvgIpc) is 3.04. The number of ether oxygens (including phenoxy) is 1. The minimum Gasteiger partial charge on any atom is -0.466 e. The number of hydrogen-bond acceptors (Lipinski definition) is 4. The van der Waals surface area contributed by atoms with E-state index in [9.17, 15) is 27.5 Å². The maximum atomic E-state index is 13.8. The molecule has 0 fully saturated rings. The van der Waals surface area contributed by atoms with E-state index < -0.39 is 28.4 Å². The van der Waals surface area contributed by atoms with Crippen LogP contribution in [-0.2, 0) is 15.1 Å². The highest BCUT2D eigenvalue weighted by Crippen LogP contribution is 2.51. The van der Waals surface area contributed by atoms with E-state index in [2.05, 4.69) is 4.74 Å². The number of methoxy groups -OCH3 is 1. The Morgan fingerprint density at radius 2 is 1.59 bits per heavy atom. The molecular formula is C21H16F4O3S. The third-order valence-corrected chi connectivity index (χ3v) is 5.98. The Labute approximate surface area is 168 Å². The zero-order valence-corrected chi connectivity index (χ0v) is 16.2. The molecule has 3 nitrogen and oxygen atoms in total. The van der Waals surface area contributed by atoms with Crippen LogP contribution >= 0.6 is 11.3 Å². The number of hydrogen-bond donors (Lipinski definition) is 1. The lowest BCUT2D eigenvalue weighted by molar-refractivity contribution is -0.265. The second-order valence-corrected chi connectivity index (χ2v) is 7.35. The molecule has 0 spiro atoms. The molecule has 8 heteroatoms. The van der Waals surface area contributed by atoms with Gasteiger partial charge >= 0.3 is 12.1 Å². The molecule has 29 heavy (non-hydrogen) atoms. The third-order valence-electron chi connectivity index (χ3n) is 4.54. The van der Waals surface area contributed by atoms with Crippen molar-refractivity contribution in [3.8, 4) is 21.6 Å². The monoisotopic (exact) mass is 424 g/mol. The van der Waals surface area contributed by atoms with Crippen LogP contribution in [0.25, 0.3) is 21.6 Å². The third kappa shape index (κ3) is 3.54. The lowest BCUT2D eigenvalue weighted by Crippen LogP contribution is -2.49. The maximum absolute atomic E-state index is 13.8. The summed E-state index contributed by atoms with van der Waals surface area (Å²) in [7, 11) is 0.779. The van der Waals surface area contributed by atoms with Gasteiger partial charge in [0, 0.05) is 10.4 Å². The summed E-state index contributed by atoms with van der Waals surface area (Å²) in [6, 6.07) is 13.8. The maximum Gasteiger partial charge on any atom is 0.433 e. The van der Waals surface area contributed by atoms with Crippen LogP contribution in [0.1, 0.15) is 10.4 Å². The predicted molar refractivity (Wildman–Crippen MR) is 102 cm³/mol. The van der Waals surface area contributed by atoms with Crippen molar-refractivity contribution in [1.29, 1.82) is 0 Å². The smallest absolute Gasteiger partial charge is 0.433 e. The number of carbonyl (C=O) groups is 1. The fourth-order valence-electron chi connectivity index (χ4n) is 3.10. The van der Waals surface area contributed by atoms with Gasteiger partial charge in [-0.3, -0.25) is 0 Å². The van der Waals surface area contributed by atoms with E-state index in [-0.39, 0.29) is 5.56 Å².